The molecule has 0 heterocycles. The van der Waals surface area contributed by atoms with E-state index in [4.69, 9.17) is 4.74 Å². The summed E-state index contributed by atoms with van der Waals surface area (Å²) in [4.78, 5) is 34.5. The lowest BCUT2D eigenvalue weighted by Gasteiger charge is -2.15. The molecule has 0 bridgehead atoms. The monoisotopic (exact) mass is 368 g/mol. The molecule has 27 heavy (non-hydrogen) atoms. The third kappa shape index (κ3) is 6.39. The largest absolute Gasteiger partial charge is 0.467 e. The number of hydrogen-bond acceptors (Lipinski definition) is 5. The first-order valence-corrected chi connectivity index (χ1v) is 8.31. The minimum atomic E-state index is -0.832. The van der Waals surface area contributed by atoms with Gasteiger partial charge in [-0.2, -0.15) is 0 Å². The zero-order valence-electron chi connectivity index (χ0n) is 14.8. The normalized spacial score (nSPS) is 11.7. The Morgan fingerprint density at radius 1 is 1.19 bits per heavy atom. The molecule has 0 fully saturated rings. The number of carbonyl (C=O) groups excluding carboxylic acids is 2. The van der Waals surface area contributed by atoms with Crippen LogP contribution in [0.5, 0.6) is 0 Å². The summed E-state index contributed by atoms with van der Waals surface area (Å²) in [6.07, 6.45) is 3.83. The topological polar surface area (TPSA) is 98.5 Å². The maximum absolute atomic E-state index is 12.2. The van der Waals surface area contributed by atoms with Crippen molar-refractivity contribution >= 4 is 23.6 Å². The summed E-state index contributed by atoms with van der Waals surface area (Å²) < 4.78 is 4.74. The fourth-order valence-corrected chi connectivity index (χ4v) is 2.47. The molecule has 2 aromatic carbocycles. The molecule has 0 aromatic heterocycles. The first kappa shape index (κ1) is 19.8. The van der Waals surface area contributed by atoms with Crippen molar-refractivity contribution in [1.82, 2.24) is 5.32 Å². The number of nitro benzene ring substituents is 1. The predicted octanol–water partition coefficient (Wildman–Crippen LogP) is 2.90. The molecule has 0 unspecified atom stereocenters. The molecular formula is C20H20N2O5. The van der Waals surface area contributed by atoms with Crippen molar-refractivity contribution in [3.05, 3.63) is 81.9 Å². The number of ether oxygens (including phenoxy) is 1. The van der Waals surface area contributed by atoms with Crippen LogP contribution in [0.1, 0.15) is 17.5 Å². The van der Waals surface area contributed by atoms with E-state index in [2.05, 4.69) is 5.32 Å². The Hall–Kier alpha value is -3.48. The summed E-state index contributed by atoms with van der Waals surface area (Å²) in [5.74, 6) is -0.973. The van der Waals surface area contributed by atoms with Gasteiger partial charge in [-0.3, -0.25) is 14.9 Å². The van der Waals surface area contributed by atoms with E-state index in [-0.39, 0.29) is 18.5 Å². The van der Waals surface area contributed by atoms with Gasteiger partial charge in [0, 0.05) is 12.1 Å². The molecule has 0 aliphatic carbocycles. The van der Waals surface area contributed by atoms with Crippen molar-refractivity contribution in [3.63, 3.8) is 0 Å². The summed E-state index contributed by atoms with van der Waals surface area (Å²) in [5, 5.41) is 13.4. The van der Waals surface area contributed by atoms with Crippen LogP contribution in [0.15, 0.2) is 60.7 Å². The number of rotatable bonds is 8. The lowest BCUT2D eigenvalue weighted by molar-refractivity contribution is -0.384. The molecule has 7 heteroatoms. The van der Waals surface area contributed by atoms with Gasteiger partial charge in [0.15, 0.2) is 0 Å². The molecule has 0 spiro atoms. The highest BCUT2D eigenvalue weighted by Crippen LogP contribution is 2.13. The average molecular weight is 368 g/mol. The predicted molar refractivity (Wildman–Crippen MR) is 101 cm³/mol. The molecule has 0 aliphatic rings. The molecule has 1 N–H and O–H groups in total. The van der Waals surface area contributed by atoms with Gasteiger partial charge in [0.25, 0.3) is 5.69 Å². The molecule has 0 saturated heterocycles. The highest BCUT2D eigenvalue weighted by molar-refractivity contribution is 5.85. The van der Waals surface area contributed by atoms with Crippen molar-refractivity contribution in [1.29, 1.82) is 0 Å². The van der Waals surface area contributed by atoms with Crippen molar-refractivity contribution in [2.45, 2.75) is 18.9 Å². The van der Waals surface area contributed by atoms with Crippen LogP contribution in [-0.4, -0.2) is 30.0 Å². The number of carbonyl (C=O) groups is 2. The number of nitro groups is 1. The first-order chi connectivity index (χ1) is 13.0. The average Bonchev–Trinajstić information content (AvgIpc) is 2.67. The number of benzene rings is 2. The van der Waals surface area contributed by atoms with Crippen LogP contribution in [0, 0.1) is 10.1 Å². The first-order valence-electron chi connectivity index (χ1n) is 8.31. The van der Waals surface area contributed by atoms with Gasteiger partial charge in [0.1, 0.15) is 6.04 Å². The van der Waals surface area contributed by atoms with Crippen LogP contribution in [0.3, 0.4) is 0 Å². The molecule has 1 amide bonds. The van der Waals surface area contributed by atoms with Crippen LogP contribution in [0.2, 0.25) is 0 Å². The maximum Gasteiger partial charge on any atom is 0.328 e. The zero-order chi connectivity index (χ0) is 19.6. The van der Waals surface area contributed by atoms with Gasteiger partial charge in [-0.15, -0.1) is 0 Å². The summed E-state index contributed by atoms with van der Waals surface area (Å²) >= 11 is 0. The van der Waals surface area contributed by atoms with Crippen LogP contribution < -0.4 is 5.32 Å². The fraction of sp³-hybridized carbons (Fsp3) is 0.200. The van der Waals surface area contributed by atoms with Gasteiger partial charge in [-0.25, -0.2) is 4.79 Å². The molecule has 140 valence electrons. The smallest absolute Gasteiger partial charge is 0.328 e. The Morgan fingerprint density at radius 3 is 2.59 bits per heavy atom. The number of amides is 1. The molecule has 2 aromatic rings. The number of hydrogen-bond donors (Lipinski definition) is 1. The second-order valence-corrected chi connectivity index (χ2v) is 5.80. The van der Waals surface area contributed by atoms with Crippen LogP contribution in [0.25, 0.3) is 6.08 Å². The number of non-ortho nitro benzene ring substituents is 1. The Labute approximate surface area is 156 Å². The number of nitrogens with one attached hydrogen (secondary N) is 1. The van der Waals surface area contributed by atoms with Crippen LogP contribution in [0.4, 0.5) is 5.69 Å². The van der Waals surface area contributed by atoms with Gasteiger partial charge < -0.3 is 10.1 Å². The quantitative estimate of drug-likeness (QED) is 0.439. The van der Waals surface area contributed by atoms with E-state index in [1.165, 1.54) is 25.3 Å². The van der Waals surface area contributed by atoms with Crippen molar-refractivity contribution in [2.75, 3.05) is 7.11 Å². The Balaban J connectivity index is 1.99. The van der Waals surface area contributed by atoms with Crippen molar-refractivity contribution < 1.29 is 19.2 Å². The summed E-state index contributed by atoms with van der Waals surface area (Å²) in [6.45, 7) is 0. The maximum atomic E-state index is 12.2. The summed E-state index contributed by atoms with van der Waals surface area (Å²) in [6, 6.07) is 14.5. The minimum absolute atomic E-state index is 0.0719. The second-order valence-electron chi connectivity index (χ2n) is 5.80. The third-order valence-electron chi connectivity index (χ3n) is 3.79. The second kappa shape index (κ2) is 9.86. The Morgan fingerprint density at radius 2 is 1.93 bits per heavy atom. The van der Waals surface area contributed by atoms with E-state index in [0.717, 1.165) is 5.56 Å². The number of nitrogens with zero attached hydrogens (tertiary/aromatic N) is 1. The van der Waals surface area contributed by atoms with E-state index >= 15 is 0 Å². The highest BCUT2D eigenvalue weighted by atomic mass is 16.6. The van der Waals surface area contributed by atoms with E-state index < -0.39 is 22.8 Å². The zero-order valence-corrected chi connectivity index (χ0v) is 14.8. The Bertz CT molecular complexity index is 833. The van der Waals surface area contributed by atoms with Gasteiger partial charge >= 0.3 is 5.97 Å². The standard InChI is InChI=1S/C20H20N2O5/c1-27-20(24)18(12-6-9-15-7-3-2-4-8-15)21-19(23)14-16-10-5-11-17(13-16)22(25)26/h2-11,13,18H,12,14H2,1H3,(H,21,23)/b9-6+/t18-/m1/s1. The summed E-state index contributed by atoms with van der Waals surface area (Å²) in [5.41, 5.74) is 1.38. The van der Waals surface area contributed by atoms with Crippen molar-refractivity contribution in [2.24, 2.45) is 0 Å². The Kier molecular flexibility index (Phi) is 7.25. The van der Waals surface area contributed by atoms with Gasteiger partial charge in [0.05, 0.1) is 18.5 Å². The lowest BCUT2D eigenvalue weighted by Crippen LogP contribution is -2.41. The van der Waals surface area contributed by atoms with E-state index in [1.54, 1.807) is 12.1 Å². The SMILES string of the molecule is COC(=O)[C@@H](C/C=C/c1ccccc1)NC(=O)Cc1cccc([N+](=O)[O-])c1. The third-order valence-corrected chi connectivity index (χ3v) is 3.79. The van der Waals surface area contributed by atoms with Gasteiger partial charge in [-0.05, 0) is 17.5 Å². The fourth-order valence-electron chi connectivity index (χ4n) is 2.47. The van der Waals surface area contributed by atoms with E-state index in [9.17, 15) is 19.7 Å². The van der Waals surface area contributed by atoms with E-state index in [1.807, 2.05) is 36.4 Å². The lowest BCUT2D eigenvalue weighted by atomic mass is 10.1. The molecule has 0 radical (unpaired) electrons. The number of methoxy groups -OCH3 is 1. The minimum Gasteiger partial charge on any atom is -0.467 e. The van der Waals surface area contributed by atoms with Gasteiger partial charge in [-0.1, -0.05) is 54.6 Å². The molecule has 7 nitrogen and oxygen atoms in total. The summed E-state index contributed by atoms with van der Waals surface area (Å²) in [7, 11) is 1.25. The van der Waals surface area contributed by atoms with Crippen LogP contribution >= 0.6 is 0 Å². The molecule has 0 aliphatic heterocycles. The molecule has 0 saturated carbocycles. The highest BCUT2D eigenvalue weighted by Gasteiger charge is 2.20. The van der Waals surface area contributed by atoms with Crippen molar-refractivity contribution in [3.8, 4) is 0 Å². The number of esters is 1. The molecule has 2 rings (SSSR count). The van der Waals surface area contributed by atoms with Crippen LogP contribution in [-0.2, 0) is 20.7 Å². The molecular weight excluding hydrogens is 348 g/mol. The molecule has 1 atom stereocenters. The van der Waals surface area contributed by atoms with E-state index in [0.29, 0.717) is 5.56 Å². The van der Waals surface area contributed by atoms with Gasteiger partial charge in [0.2, 0.25) is 5.91 Å².